The summed E-state index contributed by atoms with van der Waals surface area (Å²) in [5.41, 5.74) is 4.47. The molecule has 0 unspecified atom stereocenters. The van der Waals surface area contributed by atoms with Gasteiger partial charge in [-0.15, -0.1) is 11.8 Å². The van der Waals surface area contributed by atoms with Crippen LogP contribution in [0.25, 0.3) is 10.9 Å². The van der Waals surface area contributed by atoms with Crippen molar-refractivity contribution in [2.75, 3.05) is 6.26 Å². The lowest BCUT2D eigenvalue weighted by atomic mass is 10.2. The van der Waals surface area contributed by atoms with Crippen LogP contribution in [0.3, 0.4) is 0 Å². The molecule has 7 nitrogen and oxygen atoms in total. The van der Waals surface area contributed by atoms with E-state index < -0.39 is 15.9 Å². The lowest BCUT2D eigenvalue weighted by Gasteiger charge is -2.12. The lowest BCUT2D eigenvalue weighted by Crippen LogP contribution is -2.38. The second-order valence-corrected chi connectivity index (χ2v) is 7.92. The summed E-state index contributed by atoms with van der Waals surface area (Å²) >= 11 is 1.51. The Labute approximate surface area is 154 Å². The fourth-order valence-electron chi connectivity index (χ4n) is 2.57. The van der Waals surface area contributed by atoms with Gasteiger partial charge in [-0.1, -0.05) is 18.2 Å². The van der Waals surface area contributed by atoms with Crippen molar-refractivity contribution in [3.63, 3.8) is 0 Å². The molecule has 0 spiro atoms. The number of rotatable bonds is 6. The van der Waals surface area contributed by atoms with E-state index in [1.54, 1.807) is 36.4 Å². The second-order valence-electron chi connectivity index (χ2n) is 5.25. The summed E-state index contributed by atoms with van der Waals surface area (Å²) in [4.78, 5) is 23.8. The SMILES string of the molecule is CSc1ccc2c(c1)cc(C(=O)NNC=O)n2S(=O)(=O)c1ccccc1. The average Bonchev–Trinajstić information content (AvgIpc) is 3.06. The van der Waals surface area contributed by atoms with Gasteiger partial charge in [0.2, 0.25) is 6.41 Å². The molecule has 0 atom stereocenters. The van der Waals surface area contributed by atoms with Gasteiger partial charge in [0, 0.05) is 10.3 Å². The Morgan fingerprint density at radius 2 is 1.85 bits per heavy atom. The van der Waals surface area contributed by atoms with Crippen molar-refractivity contribution < 1.29 is 18.0 Å². The summed E-state index contributed by atoms with van der Waals surface area (Å²) in [7, 11) is -4.01. The highest BCUT2D eigenvalue weighted by molar-refractivity contribution is 7.98. The number of nitrogens with zero attached hydrogens (tertiary/aromatic N) is 1. The topological polar surface area (TPSA) is 97.3 Å². The Morgan fingerprint density at radius 1 is 1.12 bits per heavy atom. The van der Waals surface area contributed by atoms with E-state index in [-0.39, 0.29) is 10.6 Å². The van der Waals surface area contributed by atoms with Crippen molar-refractivity contribution in [2.45, 2.75) is 9.79 Å². The van der Waals surface area contributed by atoms with Gasteiger partial charge in [0.05, 0.1) is 10.4 Å². The van der Waals surface area contributed by atoms with Crippen LogP contribution in [0.5, 0.6) is 0 Å². The van der Waals surface area contributed by atoms with E-state index >= 15 is 0 Å². The monoisotopic (exact) mass is 389 g/mol. The Kier molecular flexibility index (Phi) is 5.01. The molecule has 0 saturated carbocycles. The van der Waals surface area contributed by atoms with E-state index in [1.807, 2.05) is 11.7 Å². The largest absolute Gasteiger partial charge is 0.287 e. The van der Waals surface area contributed by atoms with Crippen LogP contribution in [0.15, 0.2) is 64.4 Å². The average molecular weight is 389 g/mol. The van der Waals surface area contributed by atoms with Crippen LogP contribution in [0.2, 0.25) is 0 Å². The third kappa shape index (κ3) is 3.18. The minimum Gasteiger partial charge on any atom is -0.277 e. The smallest absolute Gasteiger partial charge is 0.277 e. The predicted octanol–water partition coefficient (Wildman–Crippen LogP) is 1.99. The van der Waals surface area contributed by atoms with Gasteiger partial charge in [-0.25, -0.2) is 12.4 Å². The first kappa shape index (κ1) is 18.0. The third-order valence-corrected chi connectivity index (χ3v) is 6.19. The maximum Gasteiger partial charge on any atom is 0.287 e. The molecule has 0 aliphatic rings. The van der Waals surface area contributed by atoms with Gasteiger partial charge in [-0.05, 0) is 42.7 Å². The van der Waals surface area contributed by atoms with Gasteiger partial charge in [-0.2, -0.15) is 0 Å². The molecule has 1 aromatic heterocycles. The van der Waals surface area contributed by atoms with E-state index in [0.29, 0.717) is 17.3 Å². The molecule has 2 amide bonds. The second kappa shape index (κ2) is 7.22. The maximum atomic E-state index is 13.2. The highest BCUT2D eigenvalue weighted by Crippen LogP contribution is 2.29. The minimum absolute atomic E-state index is 0.0591. The fraction of sp³-hybridized carbons (Fsp3) is 0.0588. The van der Waals surface area contributed by atoms with Gasteiger partial charge in [-0.3, -0.25) is 20.4 Å². The number of benzene rings is 2. The van der Waals surface area contributed by atoms with Gasteiger partial charge in [0.15, 0.2) is 0 Å². The zero-order valence-electron chi connectivity index (χ0n) is 13.7. The lowest BCUT2D eigenvalue weighted by molar-refractivity contribution is -0.110. The van der Waals surface area contributed by atoms with E-state index in [2.05, 4.69) is 5.43 Å². The first-order chi connectivity index (χ1) is 12.5. The molecule has 0 saturated heterocycles. The van der Waals surface area contributed by atoms with Gasteiger partial charge < -0.3 is 0 Å². The summed E-state index contributed by atoms with van der Waals surface area (Å²) in [6.45, 7) is 0. The number of carbonyl (C=O) groups excluding carboxylic acids is 2. The highest BCUT2D eigenvalue weighted by atomic mass is 32.2. The molecule has 1 heterocycles. The molecule has 9 heteroatoms. The molecule has 2 N–H and O–H groups in total. The quantitative estimate of drug-likeness (QED) is 0.382. The number of carbonyl (C=O) groups is 2. The molecule has 3 aromatic rings. The summed E-state index contributed by atoms with van der Waals surface area (Å²) in [6, 6.07) is 14.6. The summed E-state index contributed by atoms with van der Waals surface area (Å²) < 4.78 is 27.3. The Bertz CT molecular complexity index is 1080. The van der Waals surface area contributed by atoms with E-state index in [4.69, 9.17) is 0 Å². The molecular weight excluding hydrogens is 374 g/mol. The minimum atomic E-state index is -4.01. The Hall–Kier alpha value is -2.78. The van der Waals surface area contributed by atoms with Crippen LogP contribution in [0, 0.1) is 0 Å². The fourth-order valence-corrected chi connectivity index (χ4v) is 4.55. The van der Waals surface area contributed by atoms with Gasteiger partial charge in [0.25, 0.3) is 15.9 Å². The predicted molar refractivity (Wildman–Crippen MR) is 99.4 cm³/mol. The molecule has 0 fully saturated rings. The van der Waals surface area contributed by atoms with Crippen molar-refractivity contribution in [1.29, 1.82) is 0 Å². The molecule has 0 aliphatic carbocycles. The molecule has 0 bridgehead atoms. The van der Waals surface area contributed by atoms with E-state index in [0.717, 1.165) is 8.87 Å². The van der Waals surface area contributed by atoms with Crippen LogP contribution in [-0.2, 0) is 14.8 Å². The van der Waals surface area contributed by atoms with E-state index in [9.17, 15) is 18.0 Å². The Balaban J connectivity index is 2.27. The first-order valence-electron chi connectivity index (χ1n) is 7.48. The van der Waals surface area contributed by atoms with Crippen molar-refractivity contribution in [3.05, 3.63) is 60.3 Å². The number of fused-ring (bicyclic) bond motifs is 1. The summed E-state index contributed by atoms with van der Waals surface area (Å²) in [5, 5.41) is 0.604. The molecule has 0 radical (unpaired) electrons. The van der Waals surface area contributed by atoms with Gasteiger partial charge in [0.1, 0.15) is 5.69 Å². The first-order valence-corrected chi connectivity index (χ1v) is 10.1. The van der Waals surface area contributed by atoms with Crippen molar-refractivity contribution in [2.24, 2.45) is 0 Å². The number of aromatic nitrogens is 1. The van der Waals surface area contributed by atoms with Gasteiger partial charge >= 0.3 is 0 Å². The standard InChI is InChI=1S/C17H15N3O4S2/c1-25-13-7-8-15-12(9-13)10-16(17(22)19-18-11-21)20(15)26(23,24)14-5-3-2-4-6-14/h2-11H,1H3,(H,18,21)(H,19,22). The molecule has 3 rings (SSSR count). The molecular formula is C17H15N3O4S2. The number of amides is 2. The number of thioether (sulfide) groups is 1. The van der Waals surface area contributed by atoms with Crippen molar-refractivity contribution >= 4 is 45.0 Å². The van der Waals surface area contributed by atoms with Crippen LogP contribution >= 0.6 is 11.8 Å². The van der Waals surface area contributed by atoms with E-state index in [1.165, 1.54) is 30.0 Å². The highest BCUT2D eigenvalue weighted by Gasteiger charge is 2.26. The van der Waals surface area contributed by atoms with Crippen LogP contribution < -0.4 is 10.9 Å². The summed E-state index contributed by atoms with van der Waals surface area (Å²) in [6.07, 6.45) is 2.20. The zero-order chi connectivity index (χ0) is 18.7. The third-order valence-electron chi connectivity index (χ3n) is 3.72. The van der Waals surface area contributed by atoms with Crippen LogP contribution in [0.4, 0.5) is 0 Å². The molecule has 134 valence electrons. The number of hydrogen-bond acceptors (Lipinski definition) is 5. The van der Waals surface area contributed by atoms with Crippen LogP contribution in [0.1, 0.15) is 10.5 Å². The van der Waals surface area contributed by atoms with Crippen molar-refractivity contribution in [3.8, 4) is 0 Å². The number of hydrazine groups is 1. The Morgan fingerprint density at radius 3 is 2.50 bits per heavy atom. The van der Waals surface area contributed by atoms with Crippen LogP contribution in [-0.4, -0.2) is 31.0 Å². The molecule has 0 aliphatic heterocycles. The number of nitrogens with one attached hydrogen (secondary N) is 2. The zero-order valence-corrected chi connectivity index (χ0v) is 15.3. The molecule has 26 heavy (non-hydrogen) atoms. The normalized spacial score (nSPS) is 11.3. The number of hydrogen-bond donors (Lipinski definition) is 2. The maximum absolute atomic E-state index is 13.2. The summed E-state index contributed by atoms with van der Waals surface area (Å²) in [5.74, 6) is -0.737. The molecule has 2 aromatic carbocycles. The van der Waals surface area contributed by atoms with Crippen molar-refractivity contribution in [1.82, 2.24) is 14.8 Å².